The number of aromatic nitrogens is 1. The number of nitrogens with one attached hydrogen (secondary N) is 1. The lowest BCUT2D eigenvalue weighted by Gasteiger charge is -2.29. The van der Waals surface area contributed by atoms with Crippen molar-refractivity contribution in [2.75, 3.05) is 23.8 Å². The molecule has 0 spiro atoms. The third kappa shape index (κ3) is 2.99. The van der Waals surface area contributed by atoms with Gasteiger partial charge in [0.15, 0.2) is 0 Å². The van der Waals surface area contributed by atoms with E-state index in [1.165, 1.54) is 0 Å². The molecule has 0 aromatic carbocycles. The van der Waals surface area contributed by atoms with Gasteiger partial charge in [0.05, 0.1) is 5.56 Å². The molecule has 2 heterocycles. The van der Waals surface area contributed by atoms with Crippen LogP contribution in [0.4, 0.5) is 24.8 Å². The van der Waals surface area contributed by atoms with Gasteiger partial charge in [-0.3, -0.25) is 0 Å². The summed E-state index contributed by atoms with van der Waals surface area (Å²) < 4.78 is 38.9. The van der Waals surface area contributed by atoms with Crippen molar-refractivity contribution in [3.8, 4) is 0 Å². The number of anilines is 2. The highest BCUT2D eigenvalue weighted by atomic mass is 19.4. The van der Waals surface area contributed by atoms with Crippen LogP contribution in [0, 0.1) is 5.92 Å². The fourth-order valence-corrected chi connectivity index (χ4v) is 2.72. The van der Waals surface area contributed by atoms with Crippen LogP contribution in [-0.2, 0) is 6.18 Å². The summed E-state index contributed by atoms with van der Waals surface area (Å²) in [5.74, 6) is 1.07. The maximum absolute atomic E-state index is 13.0. The van der Waals surface area contributed by atoms with Crippen molar-refractivity contribution in [2.45, 2.75) is 38.9 Å². The van der Waals surface area contributed by atoms with Crippen LogP contribution in [0.3, 0.4) is 0 Å². The molecule has 1 aliphatic rings. The number of halogens is 3. The molecule has 1 aliphatic heterocycles. The van der Waals surface area contributed by atoms with Crippen LogP contribution in [-0.4, -0.2) is 24.6 Å². The predicted molar refractivity (Wildman–Crippen MR) is 74.0 cm³/mol. The van der Waals surface area contributed by atoms with E-state index in [0.717, 1.165) is 31.5 Å². The quantitative estimate of drug-likeness (QED) is 0.917. The summed E-state index contributed by atoms with van der Waals surface area (Å²) in [6.45, 7) is 4.95. The first-order valence-electron chi connectivity index (χ1n) is 6.86. The van der Waals surface area contributed by atoms with Crippen LogP contribution >= 0.6 is 0 Å². The summed E-state index contributed by atoms with van der Waals surface area (Å²) in [7, 11) is 1.58. The standard InChI is InChI=1S/C14H20F3N3/c1-9(2)11-5-4-6-20(11)13-8-10(14(15,16)17)7-12(18-3)19-13/h7-9,11H,4-6H2,1-3H3,(H,18,19). The Morgan fingerprint density at radius 3 is 2.60 bits per heavy atom. The van der Waals surface area contributed by atoms with Gasteiger partial charge in [-0.15, -0.1) is 0 Å². The molecule has 1 aromatic heterocycles. The van der Waals surface area contributed by atoms with Crippen molar-refractivity contribution in [3.05, 3.63) is 17.7 Å². The number of nitrogens with zero attached hydrogens (tertiary/aromatic N) is 2. The SMILES string of the molecule is CNc1cc(C(F)(F)F)cc(N2CCCC2C(C)C)n1. The number of hydrogen-bond donors (Lipinski definition) is 1. The zero-order valence-corrected chi connectivity index (χ0v) is 12.0. The lowest BCUT2D eigenvalue weighted by molar-refractivity contribution is -0.137. The van der Waals surface area contributed by atoms with Crippen LogP contribution in [0.5, 0.6) is 0 Å². The molecule has 0 amide bonds. The van der Waals surface area contributed by atoms with E-state index < -0.39 is 11.7 Å². The second-order valence-electron chi connectivity index (χ2n) is 5.49. The van der Waals surface area contributed by atoms with Crippen LogP contribution in [0.25, 0.3) is 0 Å². The second kappa shape index (κ2) is 5.50. The Hall–Kier alpha value is -1.46. The van der Waals surface area contributed by atoms with Crippen molar-refractivity contribution in [2.24, 2.45) is 5.92 Å². The average molecular weight is 287 g/mol. The zero-order chi connectivity index (χ0) is 14.9. The summed E-state index contributed by atoms with van der Waals surface area (Å²) in [5.41, 5.74) is -0.652. The molecule has 1 aromatic rings. The normalized spacial score (nSPS) is 19.8. The van der Waals surface area contributed by atoms with E-state index >= 15 is 0 Å². The number of hydrogen-bond acceptors (Lipinski definition) is 3. The monoisotopic (exact) mass is 287 g/mol. The molecule has 1 atom stereocenters. The third-order valence-electron chi connectivity index (χ3n) is 3.76. The summed E-state index contributed by atoms with van der Waals surface area (Å²) in [6.07, 6.45) is -2.35. The molecule has 20 heavy (non-hydrogen) atoms. The summed E-state index contributed by atoms with van der Waals surface area (Å²) in [5, 5.41) is 2.71. The van der Waals surface area contributed by atoms with E-state index in [1.807, 2.05) is 4.90 Å². The Labute approximate surface area is 117 Å². The van der Waals surface area contributed by atoms with Gasteiger partial charge in [-0.05, 0) is 30.9 Å². The number of rotatable bonds is 3. The highest BCUT2D eigenvalue weighted by molar-refractivity contribution is 5.52. The van der Waals surface area contributed by atoms with E-state index in [4.69, 9.17) is 0 Å². The van der Waals surface area contributed by atoms with Gasteiger partial charge in [-0.2, -0.15) is 13.2 Å². The minimum Gasteiger partial charge on any atom is -0.373 e. The minimum atomic E-state index is -4.35. The molecule has 1 unspecified atom stereocenters. The lowest BCUT2D eigenvalue weighted by atomic mass is 10.0. The van der Waals surface area contributed by atoms with Gasteiger partial charge in [0.25, 0.3) is 0 Å². The molecular formula is C14H20F3N3. The van der Waals surface area contributed by atoms with Crippen molar-refractivity contribution in [3.63, 3.8) is 0 Å². The first kappa shape index (κ1) is 14.9. The molecule has 0 bridgehead atoms. The van der Waals surface area contributed by atoms with Gasteiger partial charge in [-0.25, -0.2) is 4.98 Å². The molecule has 0 saturated carbocycles. The predicted octanol–water partition coefficient (Wildman–Crippen LogP) is 3.77. The molecule has 6 heteroatoms. The maximum Gasteiger partial charge on any atom is 0.416 e. The first-order chi connectivity index (χ1) is 9.32. The van der Waals surface area contributed by atoms with E-state index in [-0.39, 0.29) is 11.9 Å². The van der Waals surface area contributed by atoms with Crippen LogP contribution in [0.2, 0.25) is 0 Å². The Morgan fingerprint density at radius 2 is 2.05 bits per heavy atom. The lowest BCUT2D eigenvalue weighted by Crippen LogP contribution is -2.34. The highest BCUT2D eigenvalue weighted by Crippen LogP contribution is 2.35. The Morgan fingerprint density at radius 1 is 1.35 bits per heavy atom. The smallest absolute Gasteiger partial charge is 0.373 e. The molecule has 112 valence electrons. The van der Waals surface area contributed by atoms with Crippen molar-refractivity contribution >= 4 is 11.6 Å². The molecule has 1 saturated heterocycles. The second-order valence-corrected chi connectivity index (χ2v) is 5.49. The fraction of sp³-hybridized carbons (Fsp3) is 0.643. The highest BCUT2D eigenvalue weighted by Gasteiger charge is 2.34. The van der Waals surface area contributed by atoms with Crippen molar-refractivity contribution in [1.82, 2.24) is 4.98 Å². The van der Waals surface area contributed by atoms with Gasteiger partial charge in [-0.1, -0.05) is 13.8 Å². The topological polar surface area (TPSA) is 28.2 Å². The van der Waals surface area contributed by atoms with Crippen LogP contribution in [0.15, 0.2) is 12.1 Å². The Kier molecular flexibility index (Phi) is 4.11. The van der Waals surface area contributed by atoms with E-state index in [1.54, 1.807) is 7.05 Å². The van der Waals surface area contributed by atoms with E-state index in [0.29, 0.717) is 11.7 Å². The van der Waals surface area contributed by atoms with Gasteiger partial charge >= 0.3 is 6.18 Å². The summed E-state index contributed by atoms with van der Waals surface area (Å²) >= 11 is 0. The van der Waals surface area contributed by atoms with Gasteiger partial charge < -0.3 is 10.2 Å². The third-order valence-corrected chi connectivity index (χ3v) is 3.76. The van der Waals surface area contributed by atoms with E-state index in [9.17, 15) is 13.2 Å². The fourth-order valence-electron chi connectivity index (χ4n) is 2.72. The van der Waals surface area contributed by atoms with Gasteiger partial charge in [0.2, 0.25) is 0 Å². The molecule has 1 N–H and O–H groups in total. The van der Waals surface area contributed by atoms with Crippen LogP contribution in [0.1, 0.15) is 32.3 Å². The maximum atomic E-state index is 13.0. The molecule has 1 fully saturated rings. The molecule has 0 aliphatic carbocycles. The van der Waals surface area contributed by atoms with Crippen molar-refractivity contribution in [1.29, 1.82) is 0 Å². The largest absolute Gasteiger partial charge is 0.416 e. The van der Waals surface area contributed by atoms with E-state index in [2.05, 4.69) is 24.1 Å². The number of pyridine rings is 1. The first-order valence-corrected chi connectivity index (χ1v) is 6.86. The zero-order valence-electron chi connectivity index (χ0n) is 12.0. The molecule has 0 radical (unpaired) electrons. The Bertz CT molecular complexity index is 471. The van der Waals surface area contributed by atoms with Crippen LogP contribution < -0.4 is 10.2 Å². The Balaban J connectivity index is 2.40. The molecular weight excluding hydrogens is 267 g/mol. The average Bonchev–Trinajstić information content (AvgIpc) is 2.86. The number of alkyl halides is 3. The molecule has 2 rings (SSSR count). The van der Waals surface area contributed by atoms with Gasteiger partial charge in [0, 0.05) is 19.6 Å². The van der Waals surface area contributed by atoms with Gasteiger partial charge in [0.1, 0.15) is 11.6 Å². The minimum absolute atomic E-state index is 0.254. The molecule has 3 nitrogen and oxygen atoms in total. The summed E-state index contributed by atoms with van der Waals surface area (Å²) in [4.78, 5) is 6.30. The summed E-state index contributed by atoms with van der Waals surface area (Å²) in [6, 6.07) is 2.46. The van der Waals surface area contributed by atoms with Crippen molar-refractivity contribution < 1.29 is 13.2 Å².